The average Bonchev–Trinajstić information content (AvgIpc) is 2.51. The topological polar surface area (TPSA) is 17.1 Å². The summed E-state index contributed by atoms with van der Waals surface area (Å²) in [6.07, 6.45) is 7.06. The van der Waals surface area contributed by atoms with Crippen LogP contribution in [0.3, 0.4) is 0 Å². The van der Waals surface area contributed by atoms with E-state index < -0.39 is 0 Å². The van der Waals surface area contributed by atoms with Gasteiger partial charge in [-0.3, -0.25) is 4.79 Å². The van der Waals surface area contributed by atoms with E-state index in [-0.39, 0.29) is 5.92 Å². The van der Waals surface area contributed by atoms with Gasteiger partial charge in [-0.1, -0.05) is 66.7 Å². The van der Waals surface area contributed by atoms with Crippen molar-refractivity contribution in [1.82, 2.24) is 0 Å². The molecule has 100 valence electrons. The van der Waals surface area contributed by atoms with Gasteiger partial charge in [0, 0.05) is 11.5 Å². The summed E-state index contributed by atoms with van der Waals surface area (Å²) < 4.78 is 0. The quantitative estimate of drug-likeness (QED) is 0.794. The molecule has 20 heavy (non-hydrogen) atoms. The van der Waals surface area contributed by atoms with Crippen LogP contribution in [0.5, 0.6) is 0 Å². The lowest BCUT2D eigenvalue weighted by Gasteiger charge is -2.22. The van der Waals surface area contributed by atoms with Crippen molar-refractivity contribution < 1.29 is 4.79 Å². The summed E-state index contributed by atoms with van der Waals surface area (Å²) >= 11 is 0. The molecule has 1 nitrogen and oxygen atoms in total. The Kier molecular flexibility index (Phi) is 3.78. The minimum absolute atomic E-state index is 0.143. The summed E-state index contributed by atoms with van der Waals surface area (Å²) in [4.78, 5) is 12.4. The third-order valence-corrected chi connectivity index (χ3v) is 3.95. The van der Waals surface area contributed by atoms with Gasteiger partial charge in [0.1, 0.15) is 0 Å². The third-order valence-electron chi connectivity index (χ3n) is 3.95. The van der Waals surface area contributed by atoms with Crippen molar-refractivity contribution in [3.8, 4) is 0 Å². The molecule has 0 N–H and O–H groups in total. The highest BCUT2D eigenvalue weighted by molar-refractivity contribution is 6.00. The van der Waals surface area contributed by atoms with E-state index >= 15 is 0 Å². The first-order valence-corrected chi connectivity index (χ1v) is 7.18. The molecule has 0 aromatic heterocycles. The summed E-state index contributed by atoms with van der Waals surface area (Å²) in [5.41, 5.74) is 3.33. The zero-order valence-electron chi connectivity index (χ0n) is 11.5. The second kappa shape index (κ2) is 5.87. The smallest absolute Gasteiger partial charge is 0.166 e. The van der Waals surface area contributed by atoms with E-state index in [4.69, 9.17) is 0 Å². The molecule has 2 aromatic carbocycles. The summed E-state index contributed by atoms with van der Waals surface area (Å²) in [6, 6.07) is 18.2. The summed E-state index contributed by atoms with van der Waals surface area (Å²) in [5.74, 6) is 0.453. The van der Waals surface area contributed by atoms with Crippen LogP contribution in [0.1, 0.15) is 34.3 Å². The number of fused-ring (bicyclic) bond motifs is 1. The molecule has 0 heterocycles. The van der Waals surface area contributed by atoms with E-state index in [9.17, 15) is 4.79 Å². The van der Waals surface area contributed by atoms with Gasteiger partial charge < -0.3 is 0 Å². The van der Waals surface area contributed by atoms with E-state index in [1.807, 2.05) is 36.4 Å². The molecule has 1 aliphatic carbocycles. The van der Waals surface area contributed by atoms with Crippen molar-refractivity contribution in [3.63, 3.8) is 0 Å². The Morgan fingerprint density at radius 2 is 1.75 bits per heavy atom. The van der Waals surface area contributed by atoms with Gasteiger partial charge in [0.15, 0.2) is 5.78 Å². The normalized spacial score (nSPS) is 18.2. The largest absolute Gasteiger partial charge is 0.294 e. The van der Waals surface area contributed by atoms with E-state index in [1.54, 1.807) is 0 Å². The molecule has 0 aliphatic heterocycles. The lowest BCUT2D eigenvalue weighted by atomic mass is 9.81. The number of carbonyl (C=O) groups excluding carboxylic acids is 1. The van der Waals surface area contributed by atoms with Gasteiger partial charge in [-0.15, -0.1) is 0 Å². The lowest BCUT2D eigenvalue weighted by Crippen LogP contribution is -2.21. The maximum Gasteiger partial charge on any atom is 0.166 e. The van der Waals surface area contributed by atoms with Gasteiger partial charge in [-0.2, -0.15) is 0 Å². The molecule has 3 rings (SSSR count). The summed E-state index contributed by atoms with van der Waals surface area (Å²) in [7, 11) is 0. The number of aryl methyl sites for hydroxylation is 1. The molecule has 0 radical (unpaired) electrons. The molecule has 0 saturated carbocycles. The fraction of sp³-hybridized carbons (Fsp3) is 0.211. The Bertz CT molecular complexity index is 625. The standard InChI is InChI=1S/C19H18O/c20-19-17(11-6-9-15-7-2-1-3-8-15)14-13-16-10-4-5-12-18(16)19/h1-10,12,17H,11,13-14H2/b9-6+. The fourth-order valence-electron chi connectivity index (χ4n) is 2.82. The predicted octanol–water partition coefficient (Wildman–Crippen LogP) is 4.54. The molecule has 0 spiro atoms. The van der Waals surface area contributed by atoms with Gasteiger partial charge in [-0.05, 0) is 30.4 Å². The van der Waals surface area contributed by atoms with E-state index in [0.29, 0.717) is 5.78 Å². The highest BCUT2D eigenvalue weighted by Gasteiger charge is 2.25. The minimum Gasteiger partial charge on any atom is -0.294 e. The van der Waals surface area contributed by atoms with Gasteiger partial charge in [0.05, 0.1) is 0 Å². The van der Waals surface area contributed by atoms with Gasteiger partial charge in [-0.25, -0.2) is 0 Å². The molecule has 1 heteroatoms. The van der Waals surface area contributed by atoms with Crippen molar-refractivity contribution in [3.05, 3.63) is 77.4 Å². The van der Waals surface area contributed by atoms with Crippen molar-refractivity contribution in [2.75, 3.05) is 0 Å². The predicted molar refractivity (Wildman–Crippen MR) is 82.7 cm³/mol. The number of Topliss-reactive ketones (excluding diaryl/α,β-unsaturated/α-hetero) is 1. The van der Waals surface area contributed by atoms with Gasteiger partial charge in [0.25, 0.3) is 0 Å². The van der Waals surface area contributed by atoms with Crippen LogP contribution in [0, 0.1) is 5.92 Å². The molecule has 0 fully saturated rings. The maximum atomic E-state index is 12.4. The van der Waals surface area contributed by atoms with E-state index in [1.165, 1.54) is 11.1 Å². The second-order valence-electron chi connectivity index (χ2n) is 5.31. The number of benzene rings is 2. The van der Waals surface area contributed by atoms with Crippen LogP contribution in [-0.4, -0.2) is 5.78 Å². The second-order valence-corrected chi connectivity index (χ2v) is 5.31. The molecule has 0 amide bonds. The number of hydrogen-bond acceptors (Lipinski definition) is 1. The van der Waals surface area contributed by atoms with Crippen molar-refractivity contribution in [1.29, 1.82) is 0 Å². The first-order valence-electron chi connectivity index (χ1n) is 7.18. The third kappa shape index (κ3) is 2.72. The number of carbonyl (C=O) groups is 1. The number of ketones is 1. The highest BCUT2D eigenvalue weighted by Crippen LogP contribution is 2.27. The SMILES string of the molecule is O=C1c2ccccc2CCC1C/C=C/c1ccccc1. The monoisotopic (exact) mass is 262 g/mol. The minimum atomic E-state index is 0.143. The van der Waals surface area contributed by atoms with Crippen LogP contribution in [0.25, 0.3) is 6.08 Å². The molecule has 1 unspecified atom stereocenters. The number of rotatable bonds is 3. The molecule has 0 bridgehead atoms. The highest BCUT2D eigenvalue weighted by atomic mass is 16.1. The first-order chi connectivity index (χ1) is 9.84. The summed E-state index contributed by atoms with van der Waals surface area (Å²) in [5, 5.41) is 0. The van der Waals surface area contributed by atoms with Crippen molar-refractivity contribution >= 4 is 11.9 Å². The van der Waals surface area contributed by atoms with Crippen LogP contribution < -0.4 is 0 Å². The maximum absolute atomic E-state index is 12.4. The van der Waals surface area contributed by atoms with E-state index in [0.717, 1.165) is 24.8 Å². The average molecular weight is 262 g/mol. The number of hydrogen-bond donors (Lipinski definition) is 0. The zero-order valence-corrected chi connectivity index (χ0v) is 11.5. The van der Waals surface area contributed by atoms with Crippen LogP contribution in [0.4, 0.5) is 0 Å². The van der Waals surface area contributed by atoms with Crippen LogP contribution >= 0.6 is 0 Å². The lowest BCUT2D eigenvalue weighted by molar-refractivity contribution is 0.0903. The van der Waals surface area contributed by atoms with Crippen LogP contribution in [-0.2, 0) is 6.42 Å². The Labute approximate surface area is 120 Å². The Morgan fingerprint density at radius 1 is 1.00 bits per heavy atom. The molecular formula is C19H18O. The fourth-order valence-corrected chi connectivity index (χ4v) is 2.82. The van der Waals surface area contributed by atoms with Gasteiger partial charge >= 0.3 is 0 Å². The Balaban J connectivity index is 1.68. The molecule has 2 aromatic rings. The van der Waals surface area contributed by atoms with Gasteiger partial charge in [0.2, 0.25) is 0 Å². The van der Waals surface area contributed by atoms with E-state index in [2.05, 4.69) is 30.4 Å². The Morgan fingerprint density at radius 3 is 2.60 bits per heavy atom. The molecule has 1 aliphatic rings. The van der Waals surface area contributed by atoms with Crippen LogP contribution in [0.15, 0.2) is 60.7 Å². The van der Waals surface area contributed by atoms with Crippen molar-refractivity contribution in [2.24, 2.45) is 5.92 Å². The molecule has 1 atom stereocenters. The molecule has 0 saturated heterocycles. The summed E-state index contributed by atoms with van der Waals surface area (Å²) in [6.45, 7) is 0. The molecular weight excluding hydrogens is 244 g/mol. The van der Waals surface area contributed by atoms with Crippen LogP contribution in [0.2, 0.25) is 0 Å². The zero-order chi connectivity index (χ0) is 13.8. The first kappa shape index (κ1) is 12.9. The number of allylic oxidation sites excluding steroid dienone is 1. The Hall–Kier alpha value is -2.15. The van der Waals surface area contributed by atoms with Crippen molar-refractivity contribution in [2.45, 2.75) is 19.3 Å².